The Morgan fingerprint density at radius 3 is 2.17 bits per heavy atom. The fourth-order valence-corrected chi connectivity index (χ4v) is 3.51. The van der Waals surface area contributed by atoms with Gasteiger partial charge in [0.05, 0.1) is 23.1 Å². The summed E-state index contributed by atoms with van der Waals surface area (Å²) in [6.45, 7) is 0. The van der Waals surface area contributed by atoms with E-state index in [9.17, 15) is 18.0 Å². The lowest BCUT2D eigenvalue weighted by atomic mass is 10.1. The van der Waals surface area contributed by atoms with Crippen molar-refractivity contribution in [3.05, 3.63) is 84.1 Å². The molecule has 29 heavy (non-hydrogen) atoms. The van der Waals surface area contributed by atoms with E-state index in [0.717, 1.165) is 0 Å². The minimum absolute atomic E-state index is 0.0103. The summed E-state index contributed by atoms with van der Waals surface area (Å²) in [6, 6.07) is 16.7. The van der Waals surface area contributed by atoms with Gasteiger partial charge in [0.15, 0.2) is 0 Å². The van der Waals surface area contributed by atoms with Gasteiger partial charge >= 0.3 is 5.97 Å². The molecular weight excluding hydrogens is 394 g/mol. The Morgan fingerprint density at radius 1 is 0.897 bits per heavy atom. The van der Waals surface area contributed by atoms with Gasteiger partial charge in [-0.05, 0) is 48.5 Å². The van der Waals surface area contributed by atoms with Crippen LogP contribution in [0.25, 0.3) is 0 Å². The van der Waals surface area contributed by atoms with E-state index < -0.39 is 21.9 Å². The van der Waals surface area contributed by atoms with Crippen molar-refractivity contribution in [2.45, 2.75) is 4.90 Å². The lowest BCUT2D eigenvalue weighted by Gasteiger charge is -2.10. The number of sulfonamides is 1. The maximum absolute atomic E-state index is 12.5. The number of hydrogen-bond acceptors (Lipinski definition) is 6. The molecule has 0 unspecified atom stereocenters. The van der Waals surface area contributed by atoms with Gasteiger partial charge in [0.1, 0.15) is 5.82 Å². The van der Waals surface area contributed by atoms with Gasteiger partial charge < -0.3 is 10.1 Å². The van der Waals surface area contributed by atoms with Crippen LogP contribution in [-0.2, 0) is 14.8 Å². The molecule has 3 aromatic rings. The first-order valence-corrected chi connectivity index (χ1v) is 9.91. The first kappa shape index (κ1) is 20.0. The molecule has 0 aliphatic rings. The van der Waals surface area contributed by atoms with Crippen LogP contribution in [-0.4, -0.2) is 32.4 Å². The fourth-order valence-electron chi connectivity index (χ4n) is 2.50. The molecular formula is C20H17N3O5S. The van der Waals surface area contributed by atoms with Gasteiger partial charge in [-0.2, -0.15) is 0 Å². The molecule has 8 nitrogen and oxygen atoms in total. The summed E-state index contributed by atoms with van der Waals surface area (Å²) in [4.78, 5) is 28.3. The van der Waals surface area contributed by atoms with E-state index in [-0.39, 0.29) is 21.8 Å². The van der Waals surface area contributed by atoms with Gasteiger partial charge in [-0.3, -0.25) is 9.52 Å². The summed E-state index contributed by atoms with van der Waals surface area (Å²) < 4.78 is 31.9. The molecule has 0 fully saturated rings. The predicted molar refractivity (Wildman–Crippen MR) is 107 cm³/mol. The smallest absolute Gasteiger partial charge is 0.338 e. The number of rotatable bonds is 6. The zero-order chi connectivity index (χ0) is 20.9. The highest BCUT2D eigenvalue weighted by molar-refractivity contribution is 7.92. The van der Waals surface area contributed by atoms with Crippen molar-refractivity contribution < 1.29 is 22.7 Å². The standard InChI is InChI=1S/C20H17N3O5S/c1-28-20(25)17-7-3-2-6-16(17)19(24)22-14-9-11-15(12-10-14)29(26,27)23-18-8-4-5-13-21-18/h2-13H,1H3,(H,21,23)(H,22,24). The van der Waals surface area contributed by atoms with Gasteiger partial charge in [0.25, 0.3) is 15.9 Å². The van der Waals surface area contributed by atoms with Crippen molar-refractivity contribution in [1.82, 2.24) is 4.98 Å². The lowest BCUT2D eigenvalue weighted by molar-refractivity contribution is 0.0597. The van der Waals surface area contributed by atoms with Crippen LogP contribution < -0.4 is 10.0 Å². The summed E-state index contributed by atoms with van der Waals surface area (Å²) in [6.07, 6.45) is 1.47. The Labute approximate surface area is 167 Å². The molecule has 9 heteroatoms. The predicted octanol–water partition coefficient (Wildman–Crippen LogP) is 2.92. The molecule has 0 saturated carbocycles. The normalized spacial score (nSPS) is 10.8. The number of ether oxygens (including phenoxy) is 1. The van der Waals surface area contributed by atoms with Crippen molar-refractivity contribution in [3.8, 4) is 0 Å². The highest BCUT2D eigenvalue weighted by atomic mass is 32.2. The quantitative estimate of drug-likeness (QED) is 0.603. The molecule has 0 atom stereocenters. The van der Waals surface area contributed by atoms with Crippen molar-refractivity contribution in [2.75, 3.05) is 17.1 Å². The summed E-state index contributed by atoms with van der Waals surface area (Å²) in [5.41, 5.74) is 0.644. The molecule has 0 spiro atoms. The van der Waals surface area contributed by atoms with Crippen molar-refractivity contribution in [3.63, 3.8) is 0 Å². The zero-order valence-corrected chi connectivity index (χ0v) is 16.1. The largest absolute Gasteiger partial charge is 0.465 e. The highest BCUT2D eigenvalue weighted by Gasteiger charge is 2.18. The number of esters is 1. The fraction of sp³-hybridized carbons (Fsp3) is 0.0500. The van der Waals surface area contributed by atoms with Crippen LogP contribution in [0.1, 0.15) is 20.7 Å². The average Bonchev–Trinajstić information content (AvgIpc) is 2.74. The van der Waals surface area contributed by atoms with Crippen LogP contribution in [0.15, 0.2) is 77.8 Å². The van der Waals surface area contributed by atoms with Crippen molar-refractivity contribution in [1.29, 1.82) is 0 Å². The maximum atomic E-state index is 12.5. The van der Waals surface area contributed by atoms with Crippen molar-refractivity contribution in [2.24, 2.45) is 0 Å². The van der Waals surface area contributed by atoms with Crippen LogP contribution in [0.2, 0.25) is 0 Å². The van der Waals surface area contributed by atoms with Crippen LogP contribution in [0.4, 0.5) is 11.5 Å². The third-order valence-electron chi connectivity index (χ3n) is 3.90. The van der Waals surface area contributed by atoms with E-state index in [2.05, 4.69) is 19.8 Å². The Kier molecular flexibility index (Phi) is 5.89. The van der Waals surface area contributed by atoms with Crippen LogP contribution in [0, 0.1) is 0 Å². The first-order chi connectivity index (χ1) is 13.9. The molecule has 2 aromatic carbocycles. The number of pyridine rings is 1. The Bertz CT molecular complexity index is 1130. The van der Waals surface area contributed by atoms with E-state index in [0.29, 0.717) is 5.69 Å². The number of nitrogens with one attached hydrogen (secondary N) is 2. The van der Waals surface area contributed by atoms with Gasteiger partial charge in [-0.15, -0.1) is 0 Å². The molecule has 2 N–H and O–H groups in total. The summed E-state index contributed by atoms with van der Waals surface area (Å²) in [5.74, 6) is -0.949. The van der Waals surface area contributed by atoms with E-state index in [1.54, 1.807) is 24.3 Å². The third-order valence-corrected chi connectivity index (χ3v) is 5.27. The van der Waals surface area contributed by atoms with E-state index in [1.807, 2.05) is 0 Å². The number of anilines is 2. The lowest BCUT2D eigenvalue weighted by Crippen LogP contribution is -2.17. The molecule has 1 aromatic heterocycles. The number of carbonyl (C=O) groups excluding carboxylic acids is 2. The maximum Gasteiger partial charge on any atom is 0.338 e. The van der Waals surface area contributed by atoms with Crippen LogP contribution in [0.5, 0.6) is 0 Å². The zero-order valence-electron chi connectivity index (χ0n) is 15.3. The van der Waals surface area contributed by atoms with Gasteiger partial charge in [-0.25, -0.2) is 18.2 Å². The second-order valence-electron chi connectivity index (χ2n) is 5.84. The molecule has 0 aliphatic heterocycles. The number of benzene rings is 2. The number of hydrogen-bond donors (Lipinski definition) is 2. The number of amides is 1. The summed E-state index contributed by atoms with van der Waals surface area (Å²) in [7, 11) is -2.59. The van der Waals surface area contributed by atoms with Crippen LogP contribution in [0.3, 0.4) is 0 Å². The molecule has 1 amide bonds. The van der Waals surface area contributed by atoms with Gasteiger partial charge in [-0.1, -0.05) is 18.2 Å². The summed E-state index contributed by atoms with van der Waals surface area (Å²) >= 11 is 0. The average molecular weight is 411 g/mol. The first-order valence-electron chi connectivity index (χ1n) is 8.43. The van der Waals surface area contributed by atoms with Crippen LogP contribution >= 0.6 is 0 Å². The third kappa shape index (κ3) is 4.77. The van der Waals surface area contributed by atoms with Gasteiger partial charge in [0, 0.05) is 11.9 Å². The molecule has 148 valence electrons. The van der Waals surface area contributed by atoms with Crippen molar-refractivity contribution >= 4 is 33.4 Å². The molecule has 0 saturated heterocycles. The monoisotopic (exact) mass is 411 g/mol. The summed E-state index contributed by atoms with van der Waals surface area (Å²) in [5, 5.41) is 2.63. The SMILES string of the molecule is COC(=O)c1ccccc1C(=O)Nc1ccc(S(=O)(=O)Nc2ccccn2)cc1. The number of nitrogens with zero attached hydrogens (tertiary/aromatic N) is 1. The molecule has 0 aliphatic carbocycles. The topological polar surface area (TPSA) is 114 Å². The molecule has 3 rings (SSSR count). The second-order valence-corrected chi connectivity index (χ2v) is 7.52. The minimum atomic E-state index is -3.82. The molecule has 0 radical (unpaired) electrons. The minimum Gasteiger partial charge on any atom is -0.465 e. The molecule has 1 heterocycles. The van der Waals surface area contributed by atoms with Gasteiger partial charge in [0.2, 0.25) is 0 Å². The number of aromatic nitrogens is 1. The molecule has 0 bridgehead atoms. The Hall–Kier alpha value is -3.72. The Balaban J connectivity index is 1.76. The van der Waals surface area contributed by atoms with E-state index in [1.165, 1.54) is 55.8 Å². The number of methoxy groups -OCH3 is 1. The highest BCUT2D eigenvalue weighted by Crippen LogP contribution is 2.18. The second kappa shape index (κ2) is 8.53. The Morgan fingerprint density at radius 2 is 1.55 bits per heavy atom. The van der Waals surface area contributed by atoms with E-state index in [4.69, 9.17) is 0 Å². The number of carbonyl (C=O) groups is 2. The van der Waals surface area contributed by atoms with E-state index >= 15 is 0 Å².